The van der Waals surface area contributed by atoms with Gasteiger partial charge in [-0.05, 0) is 51.7 Å². The molecule has 0 aromatic carbocycles. The van der Waals surface area contributed by atoms with Crippen molar-refractivity contribution in [2.24, 2.45) is 0 Å². The quantitative estimate of drug-likeness (QED) is 0.575. The number of nitrogens with one attached hydrogen (secondary N) is 1. The Kier molecular flexibility index (Phi) is 8.64. The molecule has 2 amide bonds. The lowest BCUT2D eigenvalue weighted by molar-refractivity contribution is 0.0945. The molecule has 0 bridgehead atoms. The lowest BCUT2D eigenvalue weighted by Gasteiger charge is -2.42. The van der Waals surface area contributed by atoms with Crippen LogP contribution in [0.1, 0.15) is 30.8 Å². The molecule has 184 valence electrons. The van der Waals surface area contributed by atoms with Gasteiger partial charge in [0.15, 0.2) is 5.69 Å². The van der Waals surface area contributed by atoms with Crippen molar-refractivity contribution in [2.45, 2.75) is 26.3 Å². The van der Waals surface area contributed by atoms with E-state index in [1.807, 2.05) is 57.1 Å². The Morgan fingerprint density at radius 2 is 2.03 bits per heavy atom. The number of carbonyl (C=O) groups excluding carboxylic acids is 1. The fourth-order valence-corrected chi connectivity index (χ4v) is 4.01. The normalized spacial score (nSPS) is 16.0. The number of anilines is 1. The predicted octanol–water partition coefficient (Wildman–Crippen LogP) is 2.41. The van der Waals surface area contributed by atoms with Crippen molar-refractivity contribution >= 4 is 17.7 Å². The van der Waals surface area contributed by atoms with Gasteiger partial charge < -0.3 is 29.9 Å². The van der Waals surface area contributed by atoms with Gasteiger partial charge in [0.25, 0.3) is 5.91 Å². The van der Waals surface area contributed by atoms with Gasteiger partial charge in [0.05, 0.1) is 23.6 Å². The topological polar surface area (TPSA) is 111 Å². The summed E-state index contributed by atoms with van der Waals surface area (Å²) in [5, 5.41) is 12.4. The number of aromatic nitrogens is 2. The maximum Gasteiger partial charge on any atom is 0.407 e. The molecule has 3 rings (SSSR count). The Labute approximate surface area is 200 Å². The predicted molar refractivity (Wildman–Crippen MR) is 131 cm³/mol. The molecule has 34 heavy (non-hydrogen) atoms. The van der Waals surface area contributed by atoms with Crippen LogP contribution in [0.4, 0.5) is 10.5 Å². The standard InChI is InChI=1S/C24H34N6O4/c1-5-17-16-29(24(32)33)14-15-30(17)20-10-9-19(18-8-7-11-26-23(18)34-6-2)27-21(20)22(31)25-12-13-28(3)4/h7-11,17H,5-6,12-16H2,1-4H3,(H,25,31)(H,32,33)/t17-/m1/s1. The summed E-state index contributed by atoms with van der Waals surface area (Å²) >= 11 is 0. The van der Waals surface area contributed by atoms with Gasteiger partial charge in [-0.3, -0.25) is 4.79 Å². The molecular formula is C24H34N6O4. The third-order valence-electron chi connectivity index (χ3n) is 5.80. The summed E-state index contributed by atoms with van der Waals surface area (Å²) in [5.41, 5.74) is 2.31. The second kappa shape index (κ2) is 11.6. The van der Waals surface area contributed by atoms with Crippen LogP contribution < -0.4 is 15.0 Å². The first-order chi connectivity index (χ1) is 16.3. The Balaban J connectivity index is 2.00. The summed E-state index contributed by atoms with van der Waals surface area (Å²) < 4.78 is 5.67. The van der Waals surface area contributed by atoms with Crippen LogP contribution in [0.15, 0.2) is 30.5 Å². The summed E-state index contributed by atoms with van der Waals surface area (Å²) in [6.45, 7) is 6.79. The van der Waals surface area contributed by atoms with E-state index in [9.17, 15) is 14.7 Å². The van der Waals surface area contributed by atoms with Crippen molar-refractivity contribution in [3.05, 3.63) is 36.2 Å². The minimum atomic E-state index is -0.923. The number of likely N-dealkylation sites (N-methyl/N-ethyl adjacent to an activating group) is 1. The van der Waals surface area contributed by atoms with E-state index < -0.39 is 6.09 Å². The molecule has 0 aliphatic carbocycles. The number of carbonyl (C=O) groups is 2. The minimum absolute atomic E-state index is 0.0526. The summed E-state index contributed by atoms with van der Waals surface area (Å²) in [7, 11) is 3.89. The molecule has 2 aromatic heterocycles. The zero-order chi connectivity index (χ0) is 24.7. The molecule has 1 aliphatic rings. The van der Waals surface area contributed by atoms with Gasteiger partial charge in [-0.15, -0.1) is 0 Å². The van der Waals surface area contributed by atoms with E-state index >= 15 is 0 Å². The number of ether oxygens (including phenoxy) is 1. The second-order valence-corrected chi connectivity index (χ2v) is 8.40. The van der Waals surface area contributed by atoms with E-state index in [4.69, 9.17) is 9.72 Å². The summed E-state index contributed by atoms with van der Waals surface area (Å²) in [4.78, 5) is 39.4. The Morgan fingerprint density at radius 1 is 1.24 bits per heavy atom. The molecule has 0 saturated carbocycles. The van der Waals surface area contributed by atoms with Gasteiger partial charge in [0.1, 0.15) is 0 Å². The van der Waals surface area contributed by atoms with Gasteiger partial charge in [0.2, 0.25) is 5.88 Å². The second-order valence-electron chi connectivity index (χ2n) is 8.40. The molecule has 1 fully saturated rings. The molecule has 0 radical (unpaired) electrons. The van der Waals surface area contributed by atoms with E-state index in [2.05, 4.69) is 15.2 Å². The van der Waals surface area contributed by atoms with E-state index in [1.54, 1.807) is 6.20 Å². The van der Waals surface area contributed by atoms with Crippen LogP contribution in [-0.2, 0) is 0 Å². The maximum absolute atomic E-state index is 13.3. The van der Waals surface area contributed by atoms with Crippen LogP contribution in [0, 0.1) is 0 Å². The fourth-order valence-electron chi connectivity index (χ4n) is 4.01. The van der Waals surface area contributed by atoms with Crippen molar-refractivity contribution in [2.75, 3.05) is 58.3 Å². The molecule has 1 aliphatic heterocycles. The van der Waals surface area contributed by atoms with Crippen molar-refractivity contribution < 1.29 is 19.4 Å². The molecule has 2 aromatic rings. The number of hydrogen-bond donors (Lipinski definition) is 2. The molecule has 10 nitrogen and oxygen atoms in total. The molecular weight excluding hydrogens is 436 g/mol. The first kappa shape index (κ1) is 25.2. The van der Waals surface area contributed by atoms with Gasteiger partial charge in [0, 0.05) is 45.0 Å². The van der Waals surface area contributed by atoms with Crippen LogP contribution >= 0.6 is 0 Å². The third kappa shape index (κ3) is 5.93. The van der Waals surface area contributed by atoms with E-state index in [1.165, 1.54) is 4.90 Å². The molecule has 1 saturated heterocycles. The zero-order valence-electron chi connectivity index (χ0n) is 20.3. The Hall–Kier alpha value is -3.40. The monoisotopic (exact) mass is 470 g/mol. The summed E-state index contributed by atoms with van der Waals surface area (Å²) in [6.07, 6.45) is 1.48. The molecule has 1 atom stereocenters. The maximum atomic E-state index is 13.3. The number of rotatable bonds is 9. The number of carboxylic acid groups (broad SMARTS) is 1. The zero-order valence-corrected chi connectivity index (χ0v) is 20.3. The van der Waals surface area contributed by atoms with Gasteiger partial charge >= 0.3 is 6.09 Å². The number of pyridine rings is 2. The number of piperazine rings is 1. The van der Waals surface area contributed by atoms with Crippen LogP contribution in [-0.4, -0.2) is 96.3 Å². The third-order valence-corrected chi connectivity index (χ3v) is 5.80. The van der Waals surface area contributed by atoms with Crippen molar-refractivity contribution in [3.63, 3.8) is 0 Å². The van der Waals surface area contributed by atoms with Gasteiger partial charge in [-0.1, -0.05) is 6.92 Å². The van der Waals surface area contributed by atoms with Gasteiger partial charge in [-0.25, -0.2) is 14.8 Å². The highest BCUT2D eigenvalue weighted by Crippen LogP contribution is 2.31. The molecule has 2 N–H and O–H groups in total. The number of nitrogens with zero attached hydrogens (tertiary/aromatic N) is 5. The van der Waals surface area contributed by atoms with E-state index in [-0.39, 0.29) is 11.9 Å². The summed E-state index contributed by atoms with van der Waals surface area (Å²) in [6, 6.07) is 7.38. The van der Waals surface area contributed by atoms with Crippen LogP contribution in [0.5, 0.6) is 5.88 Å². The number of hydrogen-bond acceptors (Lipinski definition) is 7. The minimum Gasteiger partial charge on any atom is -0.477 e. The largest absolute Gasteiger partial charge is 0.477 e. The molecule has 3 heterocycles. The van der Waals surface area contributed by atoms with Crippen LogP contribution in [0.25, 0.3) is 11.3 Å². The van der Waals surface area contributed by atoms with E-state index in [0.717, 1.165) is 6.42 Å². The highest BCUT2D eigenvalue weighted by Gasteiger charge is 2.31. The van der Waals surface area contributed by atoms with Crippen molar-refractivity contribution in [1.82, 2.24) is 25.1 Å². The fraction of sp³-hybridized carbons (Fsp3) is 0.500. The Bertz CT molecular complexity index is 999. The van der Waals surface area contributed by atoms with Crippen molar-refractivity contribution in [1.29, 1.82) is 0 Å². The first-order valence-electron chi connectivity index (χ1n) is 11.6. The highest BCUT2D eigenvalue weighted by atomic mass is 16.5. The SMILES string of the molecule is CCOc1ncccc1-c1ccc(N2CCN(C(=O)O)C[C@H]2CC)c(C(=O)NCCN(C)C)n1. The lowest BCUT2D eigenvalue weighted by atomic mass is 10.1. The molecule has 0 spiro atoms. The lowest BCUT2D eigenvalue weighted by Crippen LogP contribution is -2.55. The smallest absolute Gasteiger partial charge is 0.407 e. The van der Waals surface area contributed by atoms with Crippen LogP contribution in [0.2, 0.25) is 0 Å². The van der Waals surface area contributed by atoms with Crippen molar-refractivity contribution in [3.8, 4) is 17.1 Å². The Morgan fingerprint density at radius 3 is 2.71 bits per heavy atom. The summed E-state index contributed by atoms with van der Waals surface area (Å²) in [5.74, 6) is 0.196. The van der Waals surface area contributed by atoms with Crippen LogP contribution in [0.3, 0.4) is 0 Å². The molecule has 10 heteroatoms. The first-order valence-corrected chi connectivity index (χ1v) is 11.6. The van der Waals surface area contributed by atoms with E-state index in [0.29, 0.717) is 67.8 Å². The molecule has 0 unspecified atom stereocenters. The number of amides is 2. The van der Waals surface area contributed by atoms with Gasteiger partial charge in [-0.2, -0.15) is 0 Å². The average Bonchev–Trinajstić information content (AvgIpc) is 2.83. The highest BCUT2D eigenvalue weighted by molar-refractivity contribution is 5.98. The average molecular weight is 471 g/mol.